The van der Waals surface area contributed by atoms with Gasteiger partial charge in [0.25, 0.3) is 0 Å². The molecule has 0 spiro atoms. The molecule has 2 heteroatoms. The first-order valence-corrected chi connectivity index (χ1v) is 4.64. The molecule has 0 unspecified atom stereocenters. The third-order valence-electron chi connectivity index (χ3n) is 2.05. The lowest BCUT2D eigenvalue weighted by Gasteiger charge is -2.06. The number of aliphatic hydroxyl groups excluding tert-OH is 1. The van der Waals surface area contributed by atoms with Crippen molar-refractivity contribution in [3.05, 3.63) is 29.3 Å². The number of anilines is 1. The second kappa shape index (κ2) is 4.69. The van der Waals surface area contributed by atoms with Crippen LogP contribution in [-0.2, 0) is 0 Å². The SMILES string of the molecule is CC(C)c1ccc(N)c(C#CCO)c1. The quantitative estimate of drug-likeness (QED) is 0.522. The van der Waals surface area contributed by atoms with Gasteiger partial charge in [-0.3, -0.25) is 0 Å². The Morgan fingerprint density at radius 1 is 1.43 bits per heavy atom. The Balaban J connectivity index is 3.08. The van der Waals surface area contributed by atoms with E-state index in [4.69, 9.17) is 10.8 Å². The van der Waals surface area contributed by atoms with Gasteiger partial charge in [0.2, 0.25) is 0 Å². The lowest BCUT2D eigenvalue weighted by molar-refractivity contribution is 0.350. The number of benzene rings is 1. The Labute approximate surface area is 84.8 Å². The van der Waals surface area contributed by atoms with Crippen molar-refractivity contribution < 1.29 is 5.11 Å². The van der Waals surface area contributed by atoms with Crippen molar-refractivity contribution in [3.63, 3.8) is 0 Å². The van der Waals surface area contributed by atoms with Gasteiger partial charge < -0.3 is 10.8 Å². The van der Waals surface area contributed by atoms with E-state index in [1.165, 1.54) is 5.56 Å². The van der Waals surface area contributed by atoms with Crippen LogP contribution in [0.3, 0.4) is 0 Å². The molecule has 0 radical (unpaired) electrons. The Kier molecular flexibility index (Phi) is 3.55. The average Bonchev–Trinajstić information content (AvgIpc) is 2.16. The van der Waals surface area contributed by atoms with Gasteiger partial charge in [-0.05, 0) is 23.6 Å². The highest BCUT2D eigenvalue weighted by Crippen LogP contribution is 2.19. The zero-order valence-corrected chi connectivity index (χ0v) is 8.54. The highest BCUT2D eigenvalue weighted by Gasteiger charge is 2.01. The van der Waals surface area contributed by atoms with E-state index in [2.05, 4.69) is 25.7 Å². The summed E-state index contributed by atoms with van der Waals surface area (Å²) in [5.74, 6) is 5.89. The molecule has 0 aliphatic carbocycles. The predicted molar refractivity (Wildman–Crippen MR) is 58.9 cm³/mol. The minimum Gasteiger partial charge on any atom is -0.398 e. The van der Waals surface area contributed by atoms with Crippen LogP contribution in [0, 0.1) is 11.8 Å². The zero-order chi connectivity index (χ0) is 10.6. The van der Waals surface area contributed by atoms with Crippen molar-refractivity contribution in [2.75, 3.05) is 12.3 Å². The molecule has 0 saturated heterocycles. The van der Waals surface area contributed by atoms with Crippen molar-refractivity contribution in [2.24, 2.45) is 0 Å². The standard InChI is InChI=1S/C12H15NO/c1-9(2)10-5-6-12(13)11(8-10)4-3-7-14/h5-6,8-9,14H,7,13H2,1-2H3. The predicted octanol–water partition coefficient (Wildman–Crippen LogP) is 1.74. The minimum atomic E-state index is -0.134. The van der Waals surface area contributed by atoms with Crippen LogP contribution in [0.25, 0.3) is 0 Å². The third kappa shape index (κ3) is 2.51. The van der Waals surface area contributed by atoms with Gasteiger partial charge in [0.1, 0.15) is 6.61 Å². The van der Waals surface area contributed by atoms with E-state index >= 15 is 0 Å². The van der Waals surface area contributed by atoms with Gasteiger partial charge in [-0.2, -0.15) is 0 Å². The summed E-state index contributed by atoms with van der Waals surface area (Å²) in [5, 5.41) is 8.58. The molecule has 1 rings (SSSR count). The first kappa shape index (κ1) is 10.6. The second-order valence-electron chi connectivity index (χ2n) is 3.46. The van der Waals surface area contributed by atoms with Gasteiger partial charge in [-0.25, -0.2) is 0 Å². The number of hydrogen-bond acceptors (Lipinski definition) is 2. The molecule has 0 saturated carbocycles. The van der Waals surface area contributed by atoms with Gasteiger partial charge in [-0.15, -0.1) is 0 Å². The molecule has 3 N–H and O–H groups in total. The van der Waals surface area contributed by atoms with Crippen LogP contribution in [0.1, 0.15) is 30.9 Å². The summed E-state index contributed by atoms with van der Waals surface area (Å²) in [6.45, 7) is 4.11. The van der Waals surface area contributed by atoms with Crippen molar-refractivity contribution in [3.8, 4) is 11.8 Å². The zero-order valence-electron chi connectivity index (χ0n) is 8.54. The van der Waals surface area contributed by atoms with Gasteiger partial charge in [0, 0.05) is 11.3 Å². The van der Waals surface area contributed by atoms with Gasteiger partial charge in [0.15, 0.2) is 0 Å². The molecule has 0 heterocycles. The van der Waals surface area contributed by atoms with E-state index in [-0.39, 0.29) is 6.61 Å². The van der Waals surface area contributed by atoms with Crippen LogP contribution < -0.4 is 5.73 Å². The molecular formula is C12H15NO. The monoisotopic (exact) mass is 189 g/mol. The van der Waals surface area contributed by atoms with Crippen molar-refractivity contribution in [1.29, 1.82) is 0 Å². The summed E-state index contributed by atoms with van der Waals surface area (Å²) in [6.07, 6.45) is 0. The minimum absolute atomic E-state index is 0.134. The summed E-state index contributed by atoms with van der Waals surface area (Å²) < 4.78 is 0. The van der Waals surface area contributed by atoms with Gasteiger partial charge >= 0.3 is 0 Å². The molecule has 1 aromatic rings. The highest BCUT2D eigenvalue weighted by molar-refractivity contribution is 5.57. The summed E-state index contributed by atoms with van der Waals surface area (Å²) in [6, 6.07) is 5.84. The Morgan fingerprint density at radius 2 is 2.14 bits per heavy atom. The molecule has 2 nitrogen and oxygen atoms in total. The van der Waals surface area contributed by atoms with Crippen molar-refractivity contribution in [2.45, 2.75) is 19.8 Å². The molecule has 0 atom stereocenters. The number of aliphatic hydroxyl groups is 1. The lowest BCUT2D eigenvalue weighted by atomic mass is 10.00. The Morgan fingerprint density at radius 3 is 2.71 bits per heavy atom. The summed E-state index contributed by atoms with van der Waals surface area (Å²) in [5.41, 5.74) is 8.41. The molecular weight excluding hydrogens is 174 g/mol. The van der Waals surface area contributed by atoms with E-state index in [1.807, 2.05) is 18.2 Å². The summed E-state index contributed by atoms with van der Waals surface area (Å²) in [4.78, 5) is 0. The van der Waals surface area contributed by atoms with Crippen molar-refractivity contribution >= 4 is 5.69 Å². The molecule has 0 aromatic heterocycles. The summed E-state index contributed by atoms with van der Waals surface area (Å²) >= 11 is 0. The molecule has 0 amide bonds. The number of nitrogens with two attached hydrogens (primary N) is 1. The van der Waals surface area contributed by atoms with Gasteiger partial charge in [0.05, 0.1) is 0 Å². The first-order chi connectivity index (χ1) is 6.65. The Hall–Kier alpha value is -1.46. The topological polar surface area (TPSA) is 46.2 Å². The first-order valence-electron chi connectivity index (χ1n) is 4.64. The number of nitrogen functional groups attached to an aromatic ring is 1. The summed E-state index contributed by atoms with van der Waals surface area (Å²) in [7, 11) is 0. The van der Waals surface area contributed by atoms with Crippen LogP contribution in [0.15, 0.2) is 18.2 Å². The van der Waals surface area contributed by atoms with Crippen LogP contribution in [-0.4, -0.2) is 11.7 Å². The second-order valence-corrected chi connectivity index (χ2v) is 3.46. The highest BCUT2D eigenvalue weighted by atomic mass is 16.2. The van der Waals surface area contributed by atoms with E-state index < -0.39 is 0 Å². The molecule has 0 fully saturated rings. The largest absolute Gasteiger partial charge is 0.398 e. The fraction of sp³-hybridized carbons (Fsp3) is 0.333. The molecule has 14 heavy (non-hydrogen) atoms. The fourth-order valence-corrected chi connectivity index (χ4v) is 1.18. The van der Waals surface area contributed by atoms with E-state index in [0.29, 0.717) is 11.6 Å². The van der Waals surface area contributed by atoms with Crippen LogP contribution >= 0.6 is 0 Å². The molecule has 0 aliphatic rings. The van der Waals surface area contributed by atoms with E-state index in [9.17, 15) is 0 Å². The maximum absolute atomic E-state index is 8.58. The number of rotatable bonds is 1. The normalized spacial score (nSPS) is 9.71. The van der Waals surface area contributed by atoms with Crippen LogP contribution in [0.5, 0.6) is 0 Å². The van der Waals surface area contributed by atoms with E-state index in [1.54, 1.807) is 0 Å². The number of hydrogen-bond donors (Lipinski definition) is 2. The fourth-order valence-electron chi connectivity index (χ4n) is 1.18. The third-order valence-corrected chi connectivity index (χ3v) is 2.05. The molecule has 1 aromatic carbocycles. The van der Waals surface area contributed by atoms with E-state index in [0.717, 1.165) is 5.56 Å². The maximum atomic E-state index is 8.58. The maximum Gasteiger partial charge on any atom is 0.104 e. The Bertz CT molecular complexity index is 372. The van der Waals surface area contributed by atoms with Crippen LogP contribution in [0.2, 0.25) is 0 Å². The van der Waals surface area contributed by atoms with Crippen LogP contribution in [0.4, 0.5) is 5.69 Å². The smallest absolute Gasteiger partial charge is 0.104 e. The van der Waals surface area contributed by atoms with Crippen molar-refractivity contribution in [1.82, 2.24) is 0 Å². The molecule has 0 aliphatic heterocycles. The average molecular weight is 189 g/mol. The lowest BCUT2D eigenvalue weighted by Crippen LogP contribution is -1.94. The molecule has 0 bridgehead atoms. The molecule has 74 valence electrons. The van der Waals surface area contributed by atoms with Gasteiger partial charge in [-0.1, -0.05) is 31.8 Å².